The van der Waals surface area contributed by atoms with Crippen LogP contribution in [0.5, 0.6) is 23.0 Å². The molecular weight excluding hydrogens is 310 g/mol. The summed E-state index contributed by atoms with van der Waals surface area (Å²) in [7, 11) is 4.69. The van der Waals surface area contributed by atoms with Crippen molar-refractivity contribution in [3.8, 4) is 23.0 Å². The number of carbonyl (C=O) groups excluding carboxylic acids is 1. The van der Waals surface area contributed by atoms with Gasteiger partial charge in [-0.1, -0.05) is 0 Å². The molecule has 0 spiro atoms. The maximum absolute atomic E-state index is 12.4. The lowest BCUT2D eigenvalue weighted by atomic mass is 10.2. The average molecular weight is 331 g/mol. The van der Waals surface area contributed by atoms with Crippen molar-refractivity contribution in [1.82, 2.24) is 0 Å². The Morgan fingerprint density at radius 3 is 2.04 bits per heavy atom. The second-order valence-electron chi connectivity index (χ2n) is 4.99. The summed E-state index contributed by atoms with van der Waals surface area (Å²) in [4.78, 5) is 12.4. The minimum atomic E-state index is -0.686. The summed E-state index contributed by atoms with van der Waals surface area (Å²) in [6, 6.07) is 12.2. The minimum Gasteiger partial charge on any atom is -0.497 e. The summed E-state index contributed by atoms with van der Waals surface area (Å²) in [5, 5.41) is 2.79. The zero-order chi connectivity index (χ0) is 17.5. The number of hydrogen-bond acceptors (Lipinski definition) is 5. The molecule has 0 bridgehead atoms. The highest BCUT2D eigenvalue weighted by molar-refractivity contribution is 5.95. The largest absolute Gasteiger partial charge is 0.497 e. The van der Waals surface area contributed by atoms with Crippen molar-refractivity contribution in [1.29, 1.82) is 0 Å². The Morgan fingerprint density at radius 1 is 0.875 bits per heavy atom. The zero-order valence-corrected chi connectivity index (χ0v) is 14.2. The van der Waals surface area contributed by atoms with Crippen LogP contribution >= 0.6 is 0 Å². The predicted octanol–water partition coefficient (Wildman–Crippen LogP) is 3.12. The number of carbonyl (C=O) groups is 1. The molecule has 2 aromatic carbocycles. The van der Waals surface area contributed by atoms with Crippen molar-refractivity contribution in [2.24, 2.45) is 0 Å². The summed E-state index contributed by atoms with van der Waals surface area (Å²) in [5.41, 5.74) is 0.520. The summed E-state index contributed by atoms with van der Waals surface area (Å²) in [6.45, 7) is 1.67. The molecule has 6 nitrogen and oxygen atoms in total. The Labute approximate surface area is 141 Å². The SMILES string of the molecule is COc1ccc(OC(C)C(=O)Nc2cc(OC)ccc2OC)cc1. The molecular formula is C18H21NO5. The first-order valence-electron chi connectivity index (χ1n) is 7.41. The highest BCUT2D eigenvalue weighted by Gasteiger charge is 2.17. The fourth-order valence-corrected chi connectivity index (χ4v) is 2.06. The summed E-state index contributed by atoms with van der Waals surface area (Å²) in [5.74, 6) is 2.17. The smallest absolute Gasteiger partial charge is 0.265 e. The molecule has 0 heterocycles. The van der Waals surface area contributed by atoms with Crippen molar-refractivity contribution >= 4 is 11.6 Å². The van der Waals surface area contributed by atoms with E-state index in [-0.39, 0.29) is 5.91 Å². The molecule has 0 aromatic heterocycles. The van der Waals surface area contributed by atoms with Gasteiger partial charge in [0.15, 0.2) is 6.10 Å². The van der Waals surface area contributed by atoms with Crippen LogP contribution in [-0.2, 0) is 4.79 Å². The van der Waals surface area contributed by atoms with Crippen LogP contribution < -0.4 is 24.3 Å². The van der Waals surface area contributed by atoms with Gasteiger partial charge in [-0.25, -0.2) is 0 Å². The van der Waals surface area contributed by atoms with Crippen LogP contribution in [0.1, 0.15) is 6.92 Å². The van der Waals surface area contributed by atoms with E-state index in [9.17, 15) is 4.79 Å². The van der Waals surface area contributed by atoms with Gasteiger partial charge in [0, 0.05) is 6.07 Å². The minimum absolute atomic E-state index is 0.294. The van der Waals surface area contributed by atoms with Gasteiger partial charge in [0.2, 0.25) is 0 Å². The third-order valence-electron chi connectivity index (χ3n) is 3.41. The van der Waals surface area contributed by atoms with Crippen molar-refractivity contribution in [2.75, 3.05) is 26.6 Å². The lowest BCUT2D eigenvalue weighted by molar-refractivity contribution is -0.122. The van der Waals surface area contributed by atoms with Crippen molar-refractivity contribution < 1.29 is 23.7 Å². The van der Waals surface area contributed by atoms with Crippen LogP contribution in [-0.4, -0.2) is 33.3 Å². The molecule has 0 aliphatic carbocycles. The lowest BCUT2D eigenvalue weighted by Gasteiger charge is -2.17. The van der Waals surface area contributed by atoms with E-state index in [0.717, 1.165) is 5.75 Å². The first-order valence-corrected chi connectivity index (χ1v) is 7.41. The van der Waals surface area contributed by atoms with E-state index >= 15 is 0 Å². The van der Waals surface area contributed by atoms with Crippen LogP contribution in [0.3, 0.4) is 0 Å². The van der Waals surface area contributed by atoms with Gasteiger partial charge < -0.3 is 24.3 Å². The summed E-state index contributed by atoms with van der Waals surface area (Å²) >= 11 is 0. The first-order chi connectivity index (χ1) is 11.6. The number of hydrogen-bond donors (Lipinski definition) is 1. The molecule has 0 radical (unpaired) electrons. The second kappa shape index (κ2) is 8.10. The highest BCUT2D eigenvalue weighted by atomic mass is 16.5. The van der Waals surface area contributed by atoms with Crippen LogP contribution in [0, 0.1) is 0 Å². The molecule has 1 N–H and O–H groups in total. The molecule has 0 saturated carbocycles. The van der Waals surface area contributed by atoms with Gasteiger partial charge in [0.1, 0.15) is 23.0 Å². The normalized spacial score (nSPS) is 11.3. The molecule has 1 atom stereocenters. The Kier molecular flexibility index (Phi) is 5.89. The quantitative estimate of drug-likeness (QED) is 0.844. The molecule has 24 heavy (non-hydrogen) atoms. The predicted molar refractivity (Wildman–Crippen MR) is 91.3 cm³/mol. The maximum atomic E-state index is 12.4. The molecule has 0 saturated heterocycles. The topological polar surface area (TPSA) is 66.0 Å². The van der Waals surface area contributed by atoms with Crippen LogP contribution in [0.2, 0.25) is 0 Å². The number of methoxy groups -OCH3 is 3. The van der Waals surface area contributed by atoms with Crippen molar-refractivity contribution in [3.63, 3.8) is 0 Å². The van der Waals surface area contributed by atoms with E-state index in [4.69, 9.17) is 18.9 Å². The number of amides is 1. The fraction of sp³-hybridized carbons (Fsp3) is 0.278. The summed E-state index contributed by atoms with van der Waals surface area (Å²) in [6.07, 6.45) is -0.686. The molecule has 2 aromatic rings. The molecule has 1 unspecified atom stereocenters. The fourth-order valence-electron chi connectivity index (χ4n) is 2.06. The van der Waals surface area contributed by atoms with Crippen LogP contribution in [0.15, 0.2) is 42.5 Å². The first kappa shape index (κ1) is 17.5. The monoisotopic (exact) mass is 331 g/mol. The van der Waals surface area contributed by atoms with Crippen LogP contribution in [0.25, 0.3) is 0 Å². The Bertz CT molecular complexity index is 684. The van der Waals surface area contributed by atoms with Crippen molar-refractivity contribution in [3.05, 3.63) is 42.5 Å². The van der Waals surface area contributed by atoms with Gasteiger partial charge in [0.25, 0.3) is 5.91 Å². The standard InChI is InChI=1S/C18H21NO5/c1-12(24-14-7-5-13(21-2)6-8-14)18(20)19-16-11-15(22-3)9-10-17(16)23-4/h5-12H,1-4H3,(H,19,20). The Morgan fingerprint density at radius 2 is 1.46 bits per heavy atom. The molecule has 6 heteroatoms. The molecule has 0 aliphatic heterocycles. The zero-order valence-electron chi connectivity index (χ0n) is 14.2. The maximum Gasteiger partial charge on any atom is 0.265 e. The molecule has 128 valence electrons. The number of nitrogens with one attached hydrogen (secondary N) is 1. The number of ether oxygens (including phenoxy) is 4. The molecule has 0 aliphatic rings. The van der Waals surface area contributed by atoms with E-state index in [0.29, 0.717) is 22.9 Å². The van der Waals surface area contributed by atoms with Crippen LogP contribution in [0.4, 0.5) is 5.69 Å². The molecule has 2 rings (SSSR count). The number of rotatable bonds is 7. The number of anilines is 1. The third-order valence-corrected chi connectivity index (χ3v) is 3.41. The van der Waals surface area contributed by atoms with Gasteiger partial charge in [-0.05, 0) is 43.3 Å². The van der Waals surface area contributed by atoms with Gasteiger partial charge in [0.05, 0.1) is 27.0 Å². The summed E-state index contributed by atoms with van der Waals surface area (Å²) < 4.78 is 21.1. The Hall–Kier alpha value is -2.89. The molecule has 1 amide bonds. The third kappa shape index (κ3) is 4.32. The van der Waals surface area contributed by atoms with E-state index < -0.39 is 6.10 Å². The highest BCUT2D eigenvalue weighted by Crippen LogP contribution is 2.29. The van der Waals surface area contributed by atoms with Crippen molar-refractivity contribution in [2.45, 2.75) is 13.0 Å². The van der Waals surface area contributed by atoms with Gasteiger partial charge >= 0.3 is 0 Å². The molecule has 0 fully saturated rings. The van der Waals surface area contributed by atoms with E-state index in [1.54, 1.807) is 63.6 Å². The number of benzene rings is 2. The van der Waals surface area contributed by atoms with Gasteiger partial charge in [-0.2, -0.15) is 0 Å². The van der Waals surface area contributed by atoms with E-state index in [1.165, 1.54) is 7.11 Å². The van der Waals surface area contributed by atoms with Gasteiger partial charge in [-0.15, -0.1) is 0 Å². The van der Waals surface area contributed by atoms with Gasteiger partial charge in [-0.3, -0.25) is 4.79 Å². The lowest BCUT2D eigenvalue weighted by Crippen LogP contribution is -2.30. The van der Waals surface area contributed by atoms with E-state index in [2.05, 4.69) is 5.32 Å². The van der Waals surface area contributed by atoms with E-state index in [1.807, 2.05) is 0 Å². The Balaban J connectivity index is 2.05. The average Bonchev–Trinajstić information content (AvgIpc) is 2.62. The second-order valence-corrected chi connectivity index (χ2v) is 4.99.